The monoisotopic (exact) mass is 258 g/mol. The highest BCUT2D eigenvalue weighted by Gasteiger charge is 2.27. The van der Waals surface area contributed by atoms with Gasteiger partial charge >= 0.3 is 23.9 Å². The van der Waals surface area contributed by atoms with Crippen LogP contribution in [0, 0.1) is 11.8 Å². The largest absolute Gasteiger partial charge is 0.425 e. The topological polar surface area (TPSA) is 86.7 Å². The molecule has 6 nitrogen and oxygen atoms in total. The van der Waals surface area contributed by atoms with Gasteiger partial charge in [0, 0.05) is 0 Å². The van der Waals surface area contributed by atoms with Gasteiger partial charge in [-0.1, -0.05) is 27.7 Å². The van der Waals surface area contributed by atoms with E-state index in [9.17, 15) is 19.2 Å². The van der Waals surface area contributed by atoms with E-state index in [0.29, 0.717) is 12.8 Å². The number of ether oxygens (including phenoxy) is 2. The maximum Gasteiger partial charge on any atom is 0.425 e. The van der Waals surface area contributed by atoms with Crippen molar-refractivity contribution in [1.29, 1.82) is 0 Å². The minimum absolute atomic E-state index is 0.479. The van der Waals surface area contributed by atoms with Gasteiger partial charge in [0.05, 0.1) is 11.8 Å². The first-order valence-corrected chi connectivity index (χ1v) is 5.85. The lowest BCUT2D eigenvalue weighted by atomic mass is 10.1. The van der Waals surface area contributed by atoms with Crippen LogP contribution >= 0.6 is 0 Å². The first-order chi connectivity index (χ1) is 8.33. The Labute approximate surface area is 106 Å². The summed E-state index contributed by atoms with van der Waals surface area (Å²) in [4.78, 5) is 44.8. The average Bonchev–Trinajstić information content (AvgIpc) is 2.35. The molecule has 0 unspecified atom stereocenters. The lowest BCUT2D eigenvalue weighted by Crippen LogP contribution is -2.29. The van der Waals surface area contributed by atoms with E-state index < -0.39 is 35.7 Å². The lowest BCUT2D eigenvalue weighted by molar-refractivity contribution is -0.179. The Morgan fingerprint density at radius 2 is 1.06 bits per heavy atom. The SMILES string of the molecule is CC[C@@H](C)C(=O)OC(=O)C(=O)OC(=O)[C@H](C)CC. The molecule has 6 heteroatoms. The summed E-state index contributed by atoms with van der Waals surface area (Å²) in [6.07, 6.45) is 0.958. The van der Waals surface area contributed by atoms with E-state index in [4.69, 9.17) is 0 Å². The van der Waals surface area contributed by atoms with Crippen LogP contribution in [0.2, 0.25) is 0 Å². The first-order valence-electron chi connectivity index (χ1n) is 5.85. The molecule has 0 radical (unpaired) electrons. The van der Waals surface area contributed by atoms with Gasteiger partial charge in [0.25, 0.3) is 0 Å². The van der Waals surface area contributed by atoms with E-state index in [2.05, 4.69) is 9.47 Å². The predicted molar refractivity (Wildman–Crippen MR) is 61.1 cm³/mol. The van der Waals surface area contributed by atoms with Crippen molar-refractivity contribution in [3.05, 3.63) is 0 Å². The van der Waals surface area contributed by atoms with E-state index in [1.807, 2.05) is 0 Å². The highest BCUT2D eigenvalue weighted by atomic mass is 16.6. The second-order valence-electron chi connectivity index (χ2n) is 4.04. The van der Waals surface area contributed by atoms with Crippen LogP contribution in [0.4, 0.5) is 0 Å². The van der Waals surface area contributed by atoms with Crippen molar-refractivity contribution in [3.63, 3.8) is 0 Å². The molecule has 0 saturated carbocycles. The van der Waals surface area contributed by atoms with Gasteiger partial charge in [-0.2, -0.15) is 0 Å². The molecule has 0 aliphatic rings. The van der Waals surface area contributed by atoms with Gasteiger partial charge in [-0.05, 0) is 12.8 Å². The maximum absolute atomic E-state index is 11.2. The Hall–Kier alpha value is -1.72. The summed E-state index contributed by atoms with van der Waals surface area (Å²) in [7, 11) is 0. The summed E-state index contributed by atoms with van der Waals surface area (Å²) in [6.45, 7) is 6.60. The summed E-state index contributed by atoms with van der Waals surface area (Å²) < 4.78 is 8.55. The molecule has 0 heterocycles. The van der Waals surface area contributed by atoms with Crippen LogP contribution in [0.5, 0.6) is 0 Å². The number of esters is 4. The van der Waals surface area contributed by atoms with Crippen molar-refractivity contribution in [2.45, 2.75) is 40.5 Å². The average molecular weight is 258 g/mol. The van der Waals surface area contributed by atoms with E-state index in [0.717, 1.165) is 0 Å². The fraction of sp³-hybridized carbons (Fsp3) is 0.667. The van der Waals surface area contributed by atoms with Crippen molar-refractivity contribution in [2.24, 2.45) is 11.8 Å². The number of carbonyl (C=O) groups is 4. The Balaban J connectivity index is 4.32. The summed E-state index contributed by atoms with van der Waals surface area (Å²) in [5, 5.41) is 0. The second kappa shape index (κ2) is 7.58. The lowest BCUT2D eigenvalue weighted by Gasteiger charge is -2.08. The van der Waals surface area contributed by atoms with E-state index >= 15 is 0 Å². The van der Waals surface area contributed by atoms with Crippen molar-refractivity contribution >= 4 is 23.9 Å². The fourth-order valence-corrected chi connectivity index (χ4v) is 0.801. The zero-order chi connectivity index (χ0) is 14.3. The third-order valence-electron chi connectivity index (χ3n) is 2.58. The molecule has 0 aliphatic carbocycles. The molecule has 0 aromatic carbocycles. The maximum atomic E-state index is 11.2. The van der Waals surface area contributed by atoms with Crippen LogP contribution in [-0.2, 0) is 28.7 Å². The summed E-state index contributed by atoms with van der Waals surface area (Å²) in [6, 6.07) is 0. The third kappa shape index (κ3) is 5.07. The molecular weight excluding hydrogens is 240 g/mol. The molecule has 0 aromatic heterocycles. The summed E-state index contributed by atoms with van der Waals surface area (Å²) >= 11 is 0. The summed E-state index contributed by atoms with van der Waals surface area (Å²) in [5.41, 5.74) is 0. The van der Waals surface area contributed by atoms with Crippen LogP contribution in [0.15, 0.2) is 0 Å². The third-order valence-corrected chi connectivity index (χ3v) is 2.58. The highest BCUT2D eigenvalue weighted by molar-refractivity contribution is 6.33. The molecule has 0 aliphatic heterocycles. The normalized spacial score (nSPS) is 13.3. The number of rotatable bonds is 4. The Kier molecular flexibility index (Phi) is 6.85. The molecule has 102 valence electrons. The summed E-state index contributed by atoms with van der Waals surface area (Å²) in [5.74, 6) is -5.53. The molecule has 0 saturated heterocycles. The Morgan fingerprint density at radius 3 is 1.28 bits per heavy atom. The number of hydrogen-bond acceptors (Lipinski definition) is 6. The molecule has 0 bridgehead atoms. The Morgan fingerprint density at radius 1 is 0.778 bits per heavy atom. The van der Waals surface area contributed by atoms with Crippen LogP contribution in [0.25, 0.3) is 0 Å². The van der Waals surface area contributed by atoms with Gasteiger partial charge in [0.2, 0.25) is 0 Å². The zero-order valence-electron chi connectivity index (χ0n) is 11.0. The van der Waals surface area contributed by atoms with Gasteiger partial charge in [0.1, 0.15) is 0 Å². The zero-order valence-corrected chi connectivity index (χ0v) is 11.0. The quantitative estimate of drug-likeness (QED) is 0.428. The van der Waals surface area contributed by atoms with Crippen LogP contribution in [-0.4, -0.2) is 23.9 Å². The molecule has 2 atom stereocenters. The number of hydrogen-bond donors (Lipinski definition) is 0. The Bertz CT molecular complexity index is 312. The van der Waals surface area contributed by atoms with Crippen LogP contribution in [0.3, 0.4) is 0 Å². The van der Waals surface area contributed by atoms with Crippen molar-refractivity contribution in [3.8, 4) is 0 Å². The van der Waals surface area contributed by atoms with E-state index in [1.165, 1.54) is 0 Å². The molecule has 18 heavy (non-hydrogen) atoms. The van der Waals surface area contributed by atoms with Crippen molar-refractivity contribution < 1.29 is 28.7 Å². The molecule has 0 fully saturated rings. The molecule has 0 N–H and O–H groups in total. The second-order valence-corrected chi connectivity index (χ2v) is 4.04. The van der Waals surface area contributed by atoms with Crippen molar-refractivity contribution in [2.75, 3.05) is 0 Å². The van der Waals surface area contributed by atoms with Crippen LogP contribution < -0.4 is 0 Å². The smallest absolute Gasteiger partial charge is 0.384 e. The van der Waals surface area contributed by atoms with E-state index in [-0.39, 0.29) is 0 Å². The molecule has 0 spiro atoms. The minimum atomic E-state index is -1.46. The van der Waals surface area contributed by atoms with Gasteiger partial charge < -0.3 is 9.47 Å². The molecular formula is C12H18O6. The van der Waals surface area contributed by atoms with Gasteiger partial charge in [-0.25, -0.2) is 9.59 Å². The van der Waals surface area contributed by atoms with Crippen LogP contribution in [0.1, 0.15) is 40.5 Å². The molecule has 0 rings (SSSR count). The fourth-order valence-electron chi connectivity index (χ4n) is 0.801. The van der Waals surface area contributed by atoms with Gasteiger partial charge in [0.15, 0.2) is 0 Å². The standard InChI is InChI=1S/C12H18O6/c1-5-7(3)9(13)17-11(15)12(16)18-10(14)8(4)6-2/h7-8H,5-6H2,1-4H3/t7-,8-/m1/s1. The number of carbonyl (C=O) groups excluding carboxylic acids is 4. The van der Waals surface area contributed by atoms with E-state index in [1.54, 1.807) is 27.7 Å². The molecule has 0 amide bonds. The highest BCUT2D eigenvalue weighted by Crippen LogP contribution is 2.06. The molecule has 0 aromatic rings. The van der Waals surface area contributed by atoms with Gasteiger partial charge in [-0.3, -0.25) is 9.59 Å². The first kappa shape index (κ1) is 16.3. The predicted octanol–water partition coefficient (Wildman–Crippen LogP) is 1.22. The minimum Gasteiger partial charge on any atom is -0.384 e. The van der Waals surface area contributed by atoms with Gasteiger partial charge in [-0.15, -0.1) is 0 Å². The van der Waals surface area contributed by atoms with Crippen molar-refractivity contribution in [1.82, 2.24) is 0 Å².